The van der Waals surface area contributed by atoms with Crippen molar-refractivity contribution in [3.05, 3.63) is 24.3 Å². The Kier molecular flexibility index (Phi) is 7.11. The van der Waals surface area contributed by atoms with E-state index in [1.807, 2.05) is 43.0 Å². The molecule has 0 bridgehead atoms. The fraction of sp³-hybridized carbons (Fsp3) is 0.467. The van der Waals surface area contributed by atoms with Gasteiger partial charge < -0.3 is 15.8 Å². The van der Waals surface area contributed by atoms with Crippen molar-refractivity contribution in [3.63, 3.8) is 0 Å². The number of likely N-dealkylation sites (N-methyl/N-ethyl adjacent to an activating group) is 1. The summed E-state index contributed by atoms with van der Waals surface area (Å²) in [5.74, 6) is 0.791. The van der Waals surface area contributed by atoms with Crippen LogP contribution in [0.3, 0.4) is 0 Å². The summed E-state index contributed by atoms with van der Waals surface area (Å²) in [7, 11) is 1.61. The molecule has 0 aromatic heterocycles. The van der Waals surface area contributed by atoms with Gasteiger partial charge in [-0.15, -0.1) is 0 Å². The van der Waals surface area contributed by atoms with Gasteiger partial charge in [0.25, 0.3) is 0 Å². The molecule has 1 amide bonds. The molecule has 3 N–H and O–H groups in total. The van der Waals surface area contributed by atoms with Crippen molar-refractivity contribution in [2.45, 2.75) is 13.8 Å². The fourth-order valence-electron chi connectivity index (χ4n) is 1.86. The smallest absolute Gasteiger partial charge is 0.238 e. The Morgan fingerprint density at radius 2 is 2.05 bits per heavy atom. The SMILES string of the molecule is CCN(CC(=O)Nc1ccc(OC)cc1)CC(C)C(N)=S. The number of hydrogen-bond donors (Lipinski definition) is 2. The molecule has 116 valence electrons. The van der Waals surface area contributed by atoms with E-state index in [1.165, 1.54) is 0 Å². The first kappa shape index (κ1) is 17.4. The monoisotopic (exact) mass is 309 g/mol. The van der Waals surface area contributed by atoms with Crippen LogP contribution in [-0.4, -0.2) is 42.5 Å². The van der Waals surface area contributed by atoms with E-state index in [-0.39, 0.29) is 11.8 Å². The maximum Gasteiger partial charge on any atom is 0.238 e. The predicted molar refractivity (Wildman–Crippen MR) is 89.7 cm³/mol. The van der Waals surface area contributed by atoms with Gasteiger partial charge in [-0.25, -0.2) is 0 Å². The average Bonchev–Trinajstić information content (AvgIpc) is 2.47. The van der Waals surface area contributed by atoms with Crippen LogP contribution in [-0.2, 0) is 4.79 Å². The Labute approximate surface area is 131 Å². The highest BCUT2D eigenvalue weighted by Crippen LogP contribution is 2.14. The molecule has 0 fully saturated rings. The summed E-state index contributed by atoms with van der Waals surface area (Å²) in [6.45, 7) is 5.74. The molecule has 21 heavy (non-hydrogen) atoms. The number of anilines is 1. The molecule has 0 aliphatic rings. The molecule has 0 aliphatic carbocycles. The Morgan fingerprint density at radius 1 is 1.43 bits per heavy atom. The molecule has 0 radical (unpaired) electrons. The topological polar surface area (TPSA) is 67.6 Å². The van der Waals surface area contributed by atoms with E-state index in [1.54, 1.807) is 7.11 Å². The normalized spacial score (nSPS) is 12.0. The first-order valence-corrected chi connectivity index (χ1v) is 7.32. The number of nitrogens with two attached hydrogens (primary N) is 1. The summed E-state index contributed by atoms with van der Waals surface area (Å²) in [5, 5.41) is 2.86. The van der Waals surface area contributed by atoms with Crippen LogP contribution in [0.4, 0.5) is 5.69 Å². The number of amides is 1. The van der Waals surface area contributed by atoms with E-state index in [0.717, 1.165) is 18.0 Å². The van der Waals surface area contributed by atoms with E-state index < -0.39 is 0 Å². The zero-order valence-corrected chi connectivity index (χ0v) is 13.6. The molecular weight excluding hydrogens is 286 g/mol. The molecule has 0 spiro atoms. The van der Waals surface area contributed by atoms with Crippen molar-refractivity contribution >= 4 is 28.8 Å². The molecule has 0 aliphatic heterocycles. The van der Waals surface area contributed by atoms with Gasteiger partial charge in [-0.05, 0) is 30.8 Å². The first-order chi connectivity index (χ1) is 9.96. The van der Waals surface area contributed by atoms with Crippen molar-refractivity contribution in [3.8, 4) is 5.75 Å². The summed E-state index contributed by atoms with van der Waals surface area (Å²) >= 11 is 4.97. The number of thiocarbonyl (C=S) groups is 1. The lowest BCUT2D eigenvalue weighted by atomic mass is 10.1. The van der Waals surface area contributed by atoms with Gasteiger partial charge in [-0.2, -0.15) is 0 Å². The van der Waals surface area contributed by atoms with Gasteiger partial charge in [0.15, 0.2) is 0 Å². The quantitative estimate of drug-likeness (QED) is 0.718. The minimum Gasteiger partial charge on any atom is -0.497 e. The molecule has 1 atom stereocenters. The number of hydrogen-bond acceptors (Lipinski definition) is 4. The number of rotatable bonds is 8. The number of carbonyl (C=O) groups excluding carboxylic acids is 1. The summed E-state index contributed by atoms with van der Waals surface area (Å²) in [6, 6.07) is 7.24. The highest BCUT2D eigenvalue weighted by Gasteiger charge is 2.14. The number of benzene rings is 1. The second kappa shape index (κ2) is 8.59. The molecule has 1 rings (SSSR count). The summed E-state index contributed by atoms with van der Waals surface area (Å²) in [5.41, 5.74) is 6.36. The minimum absolute atomic E-state index is 0.0582. The third-order valence-electron chi connectivity index (χ3n) is 3.21. The molecule has 0 saturated carbocycles. The van der Waals surface area contributed by atoms with Crippen molar-refractivity contribution in [2.24, 2.45) is 11.7 Å². The summed E-state index contributed by atoms with van der Waals surface area (Å²) in [6.07, 6.45) is 0. The lowest BCUT2D eigenvalue weighted by molar-refractivity contribution is -0.117. The second-order valence-corrected chi connectivity index (χ2v) is 5.38. The molecule has 0 saturated heterocycles. The van der Waals surface area contributed by atoms with Crippen LogP contribution in [0.25, 0.3) is 0 Å². The van der Waals surface area contributed by atoms with Crippen LogP contribution in [0.1, 0.15) is 13.8 Å². The van der Waals surface area contributed by atoms with E-state index in [4.69, 9.17) is 22.7 Å². The number of nitrogens with one attached hydrogen (secondary N) is 1. The standard InChI is InChI=1S/C15H23N3O2S/c1-4-18(9-11(2)15(16)21)10-14(19)17-12-5-7-13(20-3)8-6-12/h5-8,11H,4,9-10H2,1-3H3,(H2,16,21)(H,17,19). The van der Waals surface area contributed by atoms with Gasteiger partial charge in [0, 0.05) is 18.2 Å². The fourth-order valence-corrected chi connectivity index (χ4v) is 1.94. The van der Waals surface area contributed by atoms with E-state index in [2.05, 4.69) is 5.32 Å². The molecule has 1 aromatic rings. The van der Waals surface area contributed by atoms with Crippen molar-refractivity contribution < 1.29 is 9.53 Å². The van der Waals surface area contributed by atoms with Gasteiger partial charge in [-0.3, -0.25) is 9.69 Å². The van der Waals surface area contributed by atoms with Crippen LogP contribution >= 0.6 is 12.2 Å². The number of ether oxygens (including phenoxy) is 1. The Bertz CT molecular complexity index is 476. The minimum atomic E-state index is -0.0582. The van der Waals surface area contributed by atoms with Crippen LogP contribution in [0, 0.1) is 5.92 Å². The highest BCUT2D eigenvalue weighted by atomic mass is 32.1. The first-order valence-electron chi connectivity index (χ1n) is 6.91. The van der Waals surface area contributed by atoms with E-state index in [0.29, 0.717) is 18.1 Å². The zero-order valence-electron chi connectivity index (χ0n) is 12.8. The number of methoxy groups -OCH3 is 1. The van der Waals surface area contributed by atoms with Crippen LogP contribution in [0.15, 0.2) is 24.3 Å². The molecule has 1 unspecified atom stereocenters. The van der Waals surface area contributed by atoms with Crippen LogP contribution in [0.5, 0.6) is 5.75 Å². The third-order valence-corrected chi connectivity index (χ3v) is 3.61. The second-order valence-electron chi connectivity index (χ2n) is 4.91. The molecular formula is C15H23N3O2S. The van der Waals surface area contributed by atoms with Crippen LogP contribution < -0.4 is 15.8 Å². The molecule has 1 aromatic carbocycles. The lowest BCUT2D eigenvalue weighted by Crippen LogP contribution is -2.38. The summed E-state index contributed by atoms with van der Waals surface area (Å²) in [4.78, 5) is 14.5. The summed E-state index contributed by atoms with van der Waals surface area (Å²) < 4.78 is 5.08. The zero-order chi connectivity index (χ0) is 15.8. The Balaban J connectivity index is 2.51. The Hall–Kier alpha value is -1.66. The number of nitrogens with zero attached hydrogens (tertiary/aromatic N) is 1. The van der Waals surface area contributed by atoms with Crippen LogP contribution in [0.2, 0.25) is 0 Å². The van der Waals surface area contributed by atoms with Gasteiger partial charge >= 0.3 is 0 Å². The maximum atomic E-state index is 12.0. The highest BCUT2D eigenvalue weighted by molar-refractivity contribution is 7.80. The third kappa shape index (κ3) is 6.10. The molecule has 0 heterocycles. The Morgan fingerprint density at radius 3 is 2.52 bits per heavy atom. The van der Waals surface area contributed by atoms with Gasteiger partial charge in [0.05, 0.1) is 18.6 Å². The van der Waals surface area contributed by atoms with E-state index in [9.17, 15) is 4.79 Å². The van der Waals surface area contributed by atoms with Crippen molar-refractivity contribution in [1.82, 2.24) is 4.90 Å². The maximum absolute atomic E-state index is 12.0. The number of carbonyl (C=O) groups is 1. The van der Waals surface area contributed by atoms with E-state index >= 15 is 0 Å². The van der Waals surface area contributed by atoms with Crippen molar-refractivity contribution in [2.75, 3.05) is 32.1 Å². The average molecular weight is 309 g/mol. The van der Waals surface area contributed by atoms with Gasteiger partial charge in [0.1, 0.15) is 5.75 Å². The largest absolute Gasteiger partial charge is 0.497 e. The molecule has 5 nitrogen and oxygen atoms in total. The van der Waals surface area contributed by atoms with Gasteiger partial charge in [-0.1, -0.05) is 26.1 Å². The van der Waals surface area contributed by atoms with Crippen molar-refractivity contribution in [1.29, 1.82) is 0 Å². The molecule has 6 heteroatoms. The lowest BCUT2D eigenvalue weighted by Gasteiger charge is -2.23. The van der Waals surface area contributed by atoms with Gasteiger partial charge in [0.2, 0.25) is 5.91 Å². The predicted octanol–water partition coefficient (Wildman–Crippen LogP) is 1.88.